The number of ether oxygens (including phenoxy) is 1. The molecule has 0 bridgehead atoms. The van der Waals surface area contributed by atoms with E-state index in [1.165, 1.54) is 12.1 Å². The largest absolute Gasteiger partial charge is 0.481 e. The van der Waals surface area contributed by atoms with Gasteiger partial charge in [-0.25, -0.2) is 4.39 Å². The summed E-state index contributed by atoms with van der Waals surface area (Å²) in [6.07, 6.45) is 2.29. The average molecular weight is 519 g/mol. The van der Waals surface area contributed by atoms with Gasteiger partial charge in [0, 0.05) is 30.8 Å². The molecule has 1 heterocycles. The maximum Gasteiger partial charge on any atom is 0.303 e. The summed E-state index contributed by atoms with van der Waals surface area (Å²) in [7, 11) is 0. The minimum absolute atomic E-state index is 0.00882. The van der Waals surface area contributed by atoms with Crippen molar-refractivity contribution >= 4 is 34.9 Å². The van der Waals surface area contributed by atoms with Crippen LogP contribution in [0.3, 0.4) is 0 Å². The number of carbonyl (C=O) groups excluding carboxylic acids is 1. The molecule has 1 aliphatic rings. The van der Waals surface area contributed by atoms with Gasteiger partial charge in [0.05, 0.1) is 24.2 Å². The van der Waals surface area contributed by atoms with Crippen LogP contribution in [0.5, 0.6) is 0 Å². The van der Waals surface area contributed by atoms with Gasteiger partial charge in [0.2, 0.25) is 5.91 Å². The summed E-state index contributed by atoms with van der Waals surface area (Å²) < 4.78 is 19.9. The second-order valence-corrected chi connectivity index (χ2v) is 10.3. The van der Waals surface area contributed by atoms with Gasteiger partial charge in [0.15, 0.2) is 0 Å². The first-order chi connectivity index (χ1) is 17.2. The maximum atomic E-state index is 14.3. The van der Waals surface area contributed by atoms with Gasteiger partial charge in [-0.1, -0.05) is 44.5 Å². The van der Waals surface area contributed by atoms with Crippen LogP contribution in [0.25, 0.3) is 0 Å². The van der Waals surface area contributed by atoms with Crippen LogP contribution in [-0.4, -0.2) is 42.8 Å². The summed E-state index contributed by atoms with van der Waals surface area (Å²) in [5.74, 6) is -1.53. The number of carbonyl (C=O) groups is 2. The highest BCUT2D eigenvalue weighted by Crippen LogP contribution is 2.35. The van der Waals surface area contributed by atoms with E-state index in [4.69, 9.17) is 16.3 Å². The number of amides is 1. The number of carboxylic acid groups (broad SMARTS) is 1. The summed E-state index contributed by atoms with van der Waals surface area (Å²) >= 11 is 5.85. The Kier molecular flexibility index (Phi) is 10.1. The molecule has 1 unspecified atom stereocenters. The van der Waals surface area contributed by atoms with E-state index in [9.17, 15) is 19.1 Å². The molecular formula is C28H36ClFN2O4. The Hall–Kier alpha value is -2.64. The molecule has 1 atom stereocenters. The van der Waals surface area contributed by atoms with E-state index in [2.05, 4.69) is 24.1 Å². The molecule has 2 aromatic rings. The summed E-state index contributed by atoms with van der Waals surface area (Å²) in [6, 6.07) is 10.4. The number of aliphatic carboxylic acids is 1. The SMILES string of the molecule is CCC(CC(=O)O)c1ccc(N(CC(C)C)C2CCOCC2)c(NC(=O)Cc2ccc(Cl)cc2F)c1. The van der Waals surface area contributed by atoms with Gasteiger partial charge >= 0.3 is 5.97 Å². The van der Waals surface area contributed by atoms with Crippen LogP contribution in [0.15, 0.2) is 36.4 Å². The van der Waals surface area contributed by atoms with Gasteiger partial charge in [0.1, 0.15) is 5.82 Å². The molecule has 2 N–H and O–H groups in total. The molecule has 1 aliphatic heterocycles. The molecule has 3 rings (SSSR count). The first kappa shape index (κ1) is 27.9. The molecule has 0 aliphatic carbocycles. The summed E-state index contributed by atoms with van der Waals surface area (Å²) in [6.45, 7) is 8.43. The van der Waals surface area contributed by atoms with Crippen molar-refractivity contribution in [2.24, 2.45) is 5.92 Å². The third kappa shape index (κ3) is 7.68. The van der Waals surface area contributed by atoms with Gasteiger partial charge in [-0.05, 0) is 66.5 Å². The molecule has 0 spiro atoms. The Balaban J connectivity index is 1.97. The van der Waals surface area contributed by atoms with E-state index < -0.39 is 11.8 Å². The first-order valence-corrected chi connectivity index (χ1v) is 13.0. The van der Waals surface area contributed by atoms with Gasteiger partial charge in [0.25, 0.3) is 0 Å². The Morgan fingerprint density at radius 2 is 1.92 bits per heavy atom. The van der Waals surface area contributed by atoms with Gasteiger partial charge in [-0.15, -0.1) is 0 Å². The predicted octanol–water partition coefficient (Wildman–Crippen LogP) is 6.27. The van der Waals surface area contributed by atoms with Crippen LogP contribution in [0, 0.1) is 11.7 Å². The lowest BCUT2D eigenvalue weighted by molar-refractivity contribution is -0.137. The Morgan fingerprint density at radius 1 is 1.19 bits per heavy atom. The van der Waals surface area contributed by atoms with E-state index >= 15 is 0 Å². The fraction of sp³-hybridized carbons (Fsp3) is 0.500. The molecule has 0 radical (unpaired) electrons. The number of rotatable bonds is 11. The van der Waals surface area contributed by atoms with Gasteiger partial charge in [-0.2, -0.15) is 0 Å². The predicted molar refractivity (Wildman–Crippen MR) is 141 cm³/mol. The van der Waals surface area contributed by atoms with Crippen LogP contribution in [0.4, 0.5) is 15.8 Å². The van der Waals surface area contributed by atoms with Gasteiger partial charge in [-0.3, -0.25) is 9.59 Å². The Bertz CT molecular complexity index is 1060. The van der Waals surface area contributed by atoms with Crippen LogP contribution in [0.2, 0.25) is 5.02 Å². The molecule has 196 valence electrons. The van der Waals surface area contributed by atoms with Crippen LogP contribution < -0.4 is 10.2 Å². The van der Waals surface area contributed by atoms with E-state index in [0.29, 0.717) is 31.2 Å². The number of nitrogens with zero attached hydrogens (tertiary/aromatic N) is 1. The number of hydrogen-bond acceptors (Lipinski definition) is 4. The monoisotopic (exact) mass is 518 g/mol. The van der Waals surface area contributed by atoms with E-state index in [0.717, 1.165) is 30.6 Å². The topological polar surface area (TPSA) is 78.9 Å². The van der Waals surface area contributed by atoms with Crippen LogP contribution in [-0.2, 0) is 20.7 Å². The fourth-order valence-electron chi connectivity index (χ4n) is 4.73. The fourth-order valence-corrected chi connectivity index (χ4v) is 4.89. The van der Waals surface area contributed by atoms with Gasteiger partial charge < -0.3 is 20.1 Å². The molecule has 0 aromatic heterocycles. The Labute approximate surface area is 217 Å². The van der Waals surface area contributed by atoms with Crippen molar-refractivity contribution in [1.29, 1.82) is 0 Å². The summed E-state index contributed by atoms with van der Waals surface area (Å²) in [5, 5.41) is 12.7. The summed E-state index contributed by atoms with van der Waals surface area (Å²) in [4.78, 5) is 26.8. The number of anilines is 2. The lowest BCUT2D eigenvalue weighted by Gasteiger charge is -2.38. The van der Waals surface area contributed by atoms with Crippen molar-refractivity contribution in [2.45, 2.75) is 64.8 Å². The molecule has 1 saturated heterocycles. The standard InChI is InChI=1S/C28H36ClFN2O4/c1-4-19(15-28(34)35)20-6-8-26(32(17-18(2)3)23-9-11-36-12-10-23)25(13-20)31-27(33)14-21-5-7-22(29)16-24(21)30/h5-8,13,16,18-19,23H,4,9-12,14-15,17H2,1-3H3,(H,31,33)(H,34,35). The number of hydrogen-bond donors (Lipinski definition) is 2. The number of benzene rings is 2. The normalized spacial score (nSPS) is 15.1. The van der Waals surface area contributed by atoms with Crippen molar-refractivity contribution < 1.29 is 23.8 Å². The van der Waals surface area contributed by atoms with Crippen molar-refractivity contribution in [3.05, 3.63) is 58.4 Å². The molecule has 36 heavy (non-hydrogen) atoms. The smallest absolute Gasteiger partial charge is 0.303 e. The Morgan fingerprint density at radius 3 is 2.53 bits per heavy atom. The third-order valence-corrected chi connectivity index (χ3v) is 6.78. The molecule has 0 saturated carbocycles. The van der Waals surface area contributed by atoms with Crippen molar-refractivity contribution in [3.8, 4) is 0 Å². The quantitative estimate of drug-likeness (QED) is 0.366. The number of halogens is 2. The highest BCUT2D eigenvalue weighted by molar-refractivity contribution is 6.30. The van der Waals surface area contributed by atoms with E-state index in [1.54, 1.807) is 6.07 Å². The zero-order chi connectivity index (χ0) is 26.2. The average Bonchev–Trinajstić information content (AvgIpc) is 2.83. The highest BCUT2D eigenvalue weighted by Gasteiger charge is 2.26. The maximum absolute atomic E-state index is 14.3. The minimum atomic E-state index is -0.863. The number of carboxylic acids is 1. The van der Waals surface area contributed by atoms with E-state index in [-0.39, 0.29) is 41.3 Å². The lowest BCUT2D eigenvalue weighted by atomic mass is 9.92. The molecular weight excluding hydrogens is 483 g/mol. The van der Waals surface area contributed by atoms with Crippen molar-refractivity contribution in [2.75, 3.05) is 30.0 Å². The van der Waals surface area contributed by atoms with Crippen LogP contribution >= 0.6 is 11.6 Å². The number of nitrogens with one attached hydrogen (secondary N) is 1. The molecule has 6 nitrogen and oxygen atoms in total. The lowest BCUT2D eigenvalue weighted by Crippen LogP contribution is -2.42. The summed E-state index contributed by atoms with van der Waals surface area (Å²) in [5.41, 5.74) is 2.61. The molecule has 2 aromatic carbocycles. The minimum Gasteiger partial charge on any atom is -0.481 e. The molecule has 1 fully saturated rings. The second-order valence-electron chi connectivity index (χ2n) is 9.83. The van der Waals surface area contributed by atoms with Crippen molar-refractivity contribution in [3.63, 3.8) is 0 Å². The molecule has 8 heteroatoms. The zero-order valence-corrected chi connectivity index (χ0v) is 22.0. The van der Waals surface area contributed by atoms with Crippen molar-refractivity contribution in [1.82, 2.24) is 0 Å². The van der Waals surface area contributed by atoms with Crippen LogP contribution in [0.1, 0.15) is 63.5 Å². The third-order valence-electron chi connectivity index (χ3n) is 6.55. The second kappa shape index (κ2) is 13.1. The highest BCUT2D eigenvalue weighted by atomic mass is 35.5. The first-order valence-electron chi connectivity index (χ1n) is 12.6. The molecule has 1 amide bonds. The van der Waals surface area contributed by atoms with E-state index in [1.807, 2.05) is 25.1 Å². The zero-order valence-electron chi connectivity index (χ0n) is 21.2.